The van der Waals surface area contributed by atoms with Crippen LogP contribution in [0.1, 0.15) is 19.3 Å². The first-order valence-corrected chi connectivity index (χ1v) is 6.15. The van der Waals surface area contributed by atoms with Gasteiger partial charge < -0.3 is 26.2 Å². The summed E-state index contributed by atoms with van der Waals surface area (Å²) in [5, 5.41) is 16.3. The van der Waals surface area contributed by atoms with E-state index < -0.39 is 23.3 Å². The molecule has 0 rings (SSSR count). The predicted molar refractivity (Wildman–Crippen MR) is 62.5 cm³/mol. The molecule has 0 bridgehead atoms. The molecule has 0 spiro atoms. The van der Waals surface area contributed by atoms with Gasteiger partial charge in [-0.2, -0.15) is 0 Å². The van der Waals surface area contributed by atoms with Gasteiger partial charge in [-0.15, -0.1) is 0 Å². The Labute approximate surface area is 103 Å². The lowest BCUT2D eigenvalue weighted by Gasteiger charge is -2.03. The molecule has 0 aliphatic rings. The fourth-order valence-electron chi connectivity index (χ4n) is 0.761. The molecule has 2 atom stereocenters. The Kier molecular flexibility index (Phi) is 14.9. The van der Waals surface area contributed by atoms with E-state index in [1.165, 1.54) is 0 Å². The van der Waals surface area contributed by atoms with Crippen LogP contribution in [0.15, 0.2) is 0 Å². The monoisotopic (exact) mass is 270 g/mol. The zero-order valence-corrected chi connectivity index (χ0v) is 10.3. The predicted octanol–water partition coefficient (Wildman–Crippen LogP) is -2.11. The lowest BCUT2D eigenvalue weighted by atomic mass is 10.1. The first-order chi connectivity index (χ1) is 7.95. The van der Waals surface area contributed by atoms with Gasteiger partial charge in [-0.3, -0.25) is 9.00 Å². The Morgan fingerprint density at radius 2 is 2.06 bits per heavy atom. The second-order valence-electron chi connectivity index (χ2n) is 3.08. The lowest BCUT2D eigenvalue weighted by molar-refractivity contribution is -0.138. The summed E-state index contributed by atoms with van der Waals surface area (Å²) in [6, 6.07) is -0.716. The van der Waals surface area contributed by atoms with Crippen molar-refractivity contribution in [3.8, 4) is 0 Å². The van der Waals surface area contributed by atoms with E-state index in [1.807, 2.05) is 4.72 Å². The van der Waals surface area contributed by atoms with Gasteiger partial charge in [-0.25, -0.2) is 4.72 Å². The molecule has 0 aliphatic carbocycles. The standard InChI is InChI=1S/C6H14N2O2.C2H7NO3S/c7-4-2-1-3-5(8)6(9)10;4-2-1-3-7(5)6/h5H,1-4,7-8H2,(H,9,10);3-4H,1-2H2,(H,5,6)/p-1/t5-;/m0./s1. The molecule has 0 aliphatic heterocycles. The van der Waals surface area contributed by atoms with Crippen LogP contribution in [0.3, 0.4) is 0 Å². The molecular weight excluding hydrogens is 250 g/mol. The molecule has 104 valence electrons. The van der Waals surface area contributed by atoms with Crippen LogP contribution in [-0.2, 0) is 16.1 Å². The third kappa shape index (κ3) is 18.0. The number of carboxylic acid groups (broad SMARTS) is 1. The maximum atomic E-state index is 10.1. The normalized spacial score (nSPS) is 13.4. The van der Waals surface area contributed by atoms with Gasteiger partial charge in [0.15, 0.2) is 0 Å². The summed E-state index contributed by atoms with van der Waals surface area (Å²) in [6.45, 7) is 0.538. The van der Waals surface area contributed by atoms with E-state index in [0.29, 0.717) is 13.0 Å². The molecule has 0 aromatic carbocycles. The highest BCUT2D eigenvalue weighted by Gasteiger charge is 2.09. The van der Waals surface area contributed by atoms with E-state index in [-0.39, 0.29) is 13.2 Å². The number of rotatable bonds is 8. The van der Waals surface area contributed by atoms with E-state index >= 15 is 0 Å². The van der Waals surface area contributed by atoms with Gasteiger partial charge in [-0.05, 0) is 19.4 Å². The molecule has 8 nitrogen and oxygen atoms in total. The number of carboxylic acids is 1. The average molecular weight is 270 g/mol. The summed E-state index contributed by atoms with van der Waals surface area (Å²) in [6.07, 6.45) is 2.16. The molecule has 0 amide bonds. The van der Waals surface area contributed by atoms with Gasteiger partial charge in [0.2, 0.25) is 0 Å². The minimum atomic E-state index is -2.23. The lowest BCUT2D eigenvalue weighted by Crippen LogP contribution is -2.29. The van der Waals surface area contributed by atoms with Crippen molar-refractivity contribution in [3.05, 3.63) is 0 Å². The average Bonchev–Trinajstić information content (AvgIpc) is 2.27. The third-order valence-corrected chi connectivity index (χ3v) is 2.06. The van der Waals surface area contributed by atoms with Crippen molar-refractivity contribution >= 4 is 17.2 Å². The molecule has 0 saturated heterocycles. The highest BCUT2D eigenvalue weighted by molar-refractivity contribution is 7.77. The van der Waals surface area contributed by atoms with Crippen LogP contribution in [0.4, 0.5) is 0 Å². The fourth-order valence-corrected chi connectivity index (χ4v) is 1.02. The van der Waals surface area contributed by atoms with Crippen molar-refractivity contribution in [3.63, 3.8) is 0 Å². The SMILES string of the molecule is NCCCC[C@H](N)C(=O)O.O=S([O-])NCCO. The van der Waals surface area contributed by atoms with Crippen molar-refractivity contribution in [1.29, 1.82) is 0 Å². The zero-order chi connectivity index (χ0) is 13.7. The Morgan fingerprint density at radius 1 is 1.47 bits per heavy atom. The maximum absolute atomic E-state index is 10.1. The maximum Gasteiger partial charge on any atom is 0.320 e. The molecule has 9 heteroatoms. The van der Waals surface area contributed by atoms with Crippen molar-refractivity contribution in [1.82, 2.24) is 4.72 Å². The molecule has 0 aromatic heterocycles. The van der Waals surface area contributed by atoms with Gasteiger partial charge in [0.05, 0.1) is 6.61 Å². The first kappa shape index (κ1) is 18.8. The Morgan fingerprint density at radius 3 is 2.35 bits per heavy atom. The number of aliphatic hydroxyl groups is 1. The summed E-state index contributed by atoms with van der Waals surface area (Å²) < 4.78 is 21.0. The van der Waals surface area contributed by atoms with Crippen LogP contribution in [0.5, 0.6) is 0 Å². The van der Waals surface area contributed by atoms with E-state index in [4.69, 9.17) is 21.7 Å². The highest BCUT2D eigenvalue weighted by atomic mass is 32.2. The van der Waals surface area contributed by atoms with Crippen LogP contribution >= 0.6 is 0 Å². The molecule has 0 fully saturated rings. The number of nitrogens with one attached hydrogen (secondary N) is 1. The minimum absolute atomic E-state index is 0.0934. The van der Waals surface area contributed by atoms with Crippen molar-refractivity contribution in [2.45, 2.75) is 25.3 Å². The molecule has 0 saturated carbocycles. The van der Waals surface area contributed by atoms with Crippen LogP contribution in [-0.4, -0.2) is 50.7 Å². The fraction of sp³-hybridized carbons (Fsp3) is 0.875. The van der Waals surface area contributed by atoms with Crippen LogP contribution < -0.4 is 16.2 Å². The second-order valence-corrected chi connectivity index (χ2v) is 3.84. The molecule has 1 unspecified atom stereocenters. The number of hydrogen-bond donors (Lipinski definition) is 5. The van der Waals surface area contributed by atoms with Crippen molar-refractivity contribution < 1.29 is 23.8 Å². The first-order valence-electron chi connectivity index (χ1n) is 5.07. The van der Waals surface area contributed by atoms with E-state index in [1.54, 1.807) is 0 Å². The van der Waals surface area contributed by atoms with Gasteiger partial charge in [0, 0.05) is 17.8 Å². The van der Waals surface area contributed by atoms with E-state index in [9.17, 15) is 13.6 Å². The largest absolute Gasteiger partial charge is 0.760 e. The summed E-state index contributed by atoms with van der Waals surface area (Å²) >= 11 is -2.23. The highest BCUT2D eigenvalue weighted by Crippen LogP contribution is 1.96. The van der Waals surface area contributed by atoms with Gasteiger partial charge in [0.1, 0.15) is 6.04 Å². The molecule has 0 heterocycles. The number of aliphatic carboxylic acids is 1. The Balaban J connectivity index is 0. The van der Waals surface area contributed by atoms with Gasteiger partial charge in [-0.1, -0.05) is 6.42 Å². The molecular formula is C8H20N3O5S-. The molecule has 17 heavy (non-hydrogen) atoms. The molecule has 7 N–H and O–H groups in total. The Hall–Kier alpha value is -0.580. The summed E-state index contributed by atoms with van der Waals surface area (Å²) in [5.74, 6) is -0.933. The van der Waals surface area contributed by atoms with Crippen LogP contribution in [0, 0.1) is 0 Å². The molecule has 0 radical (unpaired) electrons. The summed E-state index contributed by atoms with van der Waals surface area (Å²) in [5.41, 5.74) is 10.4. The molecule has 0 aromatic rings. The number of hydrogen-bond acceptors (Lipinski definition) is 6. The van der Waals surface area contributed by atoms with Gasteiger partial charge >= 0.3 is 5.97 Å². The van der Waals surface area contributed by atoms with Crippen molar-refractivity contribution in [2.75, 3.05) is 19.7 Å². The van der Waals surface area contributed by atoms with E-state index in [2.05, 4.69) is 0 Å². The number of unbranched alkanes of at least 4 members (excludes halogenated alkanes) is 1. The summed E-state index contributed by atoms with van der Waals surface area (Å²) in [7, 11) is 0. The Bertz CT molecular complexity index is 217. The minimum Gasteiger partial charge on any atom is -0.760 e. The third-order valence-electron chi connectivity index (χ3n) is 1.62. The number of aliphatic hydroxyl groups excluding tert-OH is 1. The van der Waals surface area contributed by atoms with Crippen LogP contribution in [0.2, 0.25) is 0 Å². The quantitative estimate of drug-likeness (QED) is 0.249. The topological polar surface area (TPSA) is 162 Å². The summed E-state index contributed by atoms with van der Waals surface area (Å²) in [4.78, 5) is 10.1. The van der Waals surface area contributed by atoms with E-state index in [0.717, 1.165) is 12.8 Å². The second kappa shape index (κ2) is 13.5. The zero-order valence-electron chi connectivity index (χ0n) is 9.50. The number of nitrogens with two attached hydrogens (primary N) is 2. The smallest absolute Gasteiger partial charge is 0.320 e. The van der Waals surface area contributed by atoms with Gasteiger partial charge in [0.25, 0.3) is 0 Å². The van der Waals surface area contributed by atoms with Crippen LogP contribution in [0.25, 0.3) is 0 Å². The van der Waals surface area contributed by atoms with Crippen molar-refractivity contribution in [2.24, 2.45) is 11.5 Å². The number of carbonyl (C=O) groups is 1.